The highest BCUT2D eigenvalue weighted by atomic mass is 16.5. The van der Waals surface area contributed by atoms with Crippen molar-refractivity contribution in [2.75, 3.05) is 7.11 Å². The average molecular weight is 351 g/mol. The number of furan rings is 1. The Kier molecular flexibility index (Phi) is 5.59. The number of rotatable bonds is 7. The number of benzene rings is 2. The van der Waals surface area contributed by atoms with Gasteiger partial charge in [0, 0.05) is 17.7 Å². The summed E-state index contributed by atoms with van der Waals surface area (Å²) in [6.07, 6.45) is 1.79. The van der Waals surface area contributed by atoms with Gasteiger partial charge in [-0.2, -0.15) is 0 Å². The molecule has 0 fully saturated rings. The van der Waals surface area contributed by atoms with Crippen LogP contribution in [0.3, 0.4) is 0 Å². The topological polar surface area (TPSA) is 62.9 Å². The van der Waals surface area contributed by atoms with E-state index in [-0.39, 0.29) is 18.1 Å². The first-order chi connectivity index (χ1) is 12.7. The predicted molar refractivity (Wildman–Crippen MR) is 97.8 cm³/mol. The molecule has 0 saturated carbocycles. The number of hydrogen-bond donors (Lipinski definition) is 1. The number of carbonyl (C=O) groups is 1. The normalized spacial score (nSPS) is 10.5. The number of phenols is 1. The second kappa shape index (κ2) is 8.25. The smallest absolute Gasteiger partial charge is 0.227 e. The highest BCUT2D eigenvalue weighted by Gasteiger charge is 2.19. The monoisotopic (exact) mass is 351 g/mol. The first kappa shape index (κ1) is 17.6. The number of amides is 1. The van der Waals surface area contributed by atoms with Crippen LogP contribution >= 0.6 is 0 Å². The van der Waals surface area contributed by atoms with Gasteiger partial charge in [-0.1, -0.05) is 36.4 Å². The van der Waals surface area contributed by atoms with E-state index < -0.39 is 0 Å². The van der Waals surface area contributed by atoms with Crippen LogP contribution in [0.15, 0.2) is 71.3 Å². The zero-order chi connectivity index (χ0) is 18.4. The molecular formula is C21H21NO4. The Bertz CT molecular complexity index is 858. The molecule has 2 aromatic carbocycles. The highest BCUT2D eigenvalue weighted by Crippen LogP contribution is 2.22. The Morgan fingerprint density at radius 1 is 1.00 bits per heavy atom. The molecule has 0 bridgehead atoms. The van der Waals surface area contributed by atoms with E-state index in [1.807, 2.05) is 36.4 Å². The molecule has 3 aromatic rings. The molecule has 1 N–H and O–H groups in total. The fourth-order valence-electron chi connectivity index (χ4n) is 2.80. The Labute approximate surface area is 152 Å². The highest BCUT2D eigenvalue weighted by molar-refractivity contribution is 5.79. The zero-order valence-corrected chi connectivity index (χ0v) is 14.6. The van der Waals surface area contributed by atoms with Crippen molar-refractivity contribution in [2.45, 2.75) is 19.5 Å². The second-order valence-electron chi connectivity index (χ2n) is 5.95. The number of aromatic hydroxyl groups is 1. The number of phenolic OH excluding ortho intramolecular Hbond substituents is 1. The van der Waals surface area contributed by atoms with E-state index in [0.29, 0.717) is 30.2 Å². The molecule has 0 aliphatic carbocycles. The lowest BCUT2D eigenvalue weighted by molar-refractivity contribution is -0.132. The van der Waals surface area contributed by atoms with Gasteiger partial charge >= 0.3 is 0 Å². The molecule has 1 aromatic heterocycles. The Hall–Kier alpha value is -3.21. The molecule has 0 aliphatic heterocycles. The fourth-order valence-corrected chi connectivity index (χ4v) is 2.80. The van der Waals surface area contributed by atoms with Crippen LogP contribution in [0, 0.1) is 0 Å². The lowest BCUT2D eigenvalue weighted by atomic mass is 10.1. The van der Waals surface area contributed by atoms with E-state index in [1.165, 1.54) is 0 Å². The van der Waals surface area contributed by atoms with Gasteiger partial charge in [0.05, 0.1) is 26.3 Å². The molecule has 134 valence electrons. The van der Waals surface area contributed by atoms with Gasteiger partial charge in [-0.25, -0.2) is 0 Å². The third-order valence-corrected chi connectivity index (χ3v) is 4.17. The molecule has 26 heavy (non-hydrogen) atoms. The van der Waals surface area contributed by atoms with Gasteiger partial charge in [0.25, 0.3) is 0 Å². The summed E-state index contributed by atoms with van der Waals surface area (Å²) in [6, 6.07) is 18.1. The summed E-state index contributed by atoms with van der Waals surface area (Å²) in [6.45, 7) is 0.622. The number of nitrogens with zero attached hydrogens (tertiary/aromatic N) is 1. The third-order valence-electron chi connectivity index (χ3n) is 4.17. The minimum atomic E-state index is -0.0749. The van der Waals surface area contributed by atoms with Gasteiger partial charge in [0.2, 0.25) is 5.91 Å². The van der Waals surface area contributed by atoms with E-state index in [1.54, 1.807) is 42.5 Å². The van der Waals surface area contributed by atoms with Crippen molar-refractivity contribution in [3.63, 3.8) is 0 Å². The summed E-state index contributed by atoms with van der Waals surface area (Å²) < 4.78 is 10.7. The number of carbonyl (C=O) groups excluding carboxylic acids is 1. The average Bonchev–Trinajstić information content (AvgIpc) is 3.16. The summed E-state index contributed by atoms with van der Waals surface area (Å²) in [7, 11) is 1.59. The van der Waals surface area contributed by atoms with Gasteiger partial charge in [-0.3, -0.25) is 4.79 Å². The Morgan fingerprint density at radius 3 is 2.42 bits per heavy atom. The molecule has 0 aliphatic rings. The number of hydrogen-bond acceptors (Lipinski definition) is 4. The molecule has 0 atom stereocenters. The Balaban J connectivity index is 1.82. The van der Waals surface area contributed by atoms with E-state index in [0.717, 1.165) is 5.56 Å². The number of ether oxygens (including phenoxy) is 1. The Morgan fingerprint density at radius 2 is 1.73 bits per heavy atom. The molecule has 5 heteroatoms. The maximum absolute atomic E-state index is 13.0. The van der Waals surface area contributed by atoms with Crippen molar-refractivity contribution < 1.29 is 19.1 Å². The van der Waals surface area contributed by atoms with Crippen molar-refractivity contribution in [2.24, 2.45) is 0 Å². The second-order valence-corrected chi connectivity index (χ2v) is 5.95. The molecular weight excluding hydrogens is 330 g/mol. The van der Waals surface area contributed by atoms with Gasteiger partial charge in [0.15, 0.2) is 0 Å². The van der Waals surface area contributed by atoms with Crippen LogP contribution in [0.1, 0.15) is 16.9 Å². The molecule has 1 amide bonds. The molecule has 0 saturated heterocycles. The minimum Gasteiger partial charge on any atom is -0.508 e. The first-order valence-corrected chi connectivity index (χ1v) is 8.36. The lowest BCUT2D eigenvalue weighted by Crippen LogP contribution is -2.31. The summed E-state index contributed by atoms with van der Waals surface area (Å²) in [5, 5.41) is 10.1. The van der Waals surface area contributed by atoms with Crippen LogP contribution < -0.4 is 4.74 Å². The maximum Gasteiger partial charge on any atom is 0.227 e. The van der Waals surface area contributed by atoms with E-state index >= 15 is 0 Å². The summed E-state index contributed by atoms with van der Waals surface area (Å²) in [4.78, 5) is 14.6. The van der Waals surface area contributed by atoms with Crippen LogP contribution in [-0.2, 0) is 24.3 Å². The number of methoxy groups -OCH3 is 1. The van der Waals surface area contributed by atoms with E-state index in [2.05, 4.69) is 0 Å². The predicted octanol–water partition coefficient (Wildman–Crippen LogP) is 3.77. The van der Waals surface area contributed by atoms with Crippen molar-refractivity contribution in [1.82, 2.24) is 4.90 Å². The fraction of sp³-hybridized carbons (Fsp3) is 0.190. The van der Waals surface area contributed by atoms with Gasteiger partial charge in [0.1, 0.15) is 17.3 Å². The molecule has 0 unspecified atom stereocenters. The van der Waals surface area contributed by atoms with Gasteiger partial charge in [-0.15, -0.1) is 0 Å². The molecule has 0 spiro atoms. The van der Waals surface area contributed by atoms with Crippen LogP contribution in [0.5, 0.6) is 11.5 Å². The molecule has 5 nitrogen and oxygen atoms in total. The summed E-state index contributed by atoms with van der Waals surface area (Å²) in [5.74, 6) is 1.46. The van der Waals surface area contributed by atoms with Gasteiger partial charge in [-0.05, 0) is 24.3 Å². The van der Waals surface area contributed by atoms with Crippen LogP contribution in [-0.4, -0.2) is 23.0 Å². The van der Waals surface area contributed by atoms with Crippen molar-refractivity contribution >= 4 is 5.91 Å². The quantitative estimate of drug-likeness (QED) is 0.704. The lowest BCUT2D eigenvalue weighted by Gasteiger charge is -2.23. The van der Waals surface area contributed by atoms with E-state index in [9.17, 15) is 9.90 Å². The van der Waals surface area contributed by atoms with Crippen LogP contribution in [0.25, 0.3) is 0 Å². The SMILES string of the molecule is COc1ccccc1CC(=O)N(Cc1ccco1)Cc1ccccc1O. The minimum absolute atomic E-state index is 0.0749. The number of para-hydroxylation sites is 2. The largest absolute Gasteiger partial charge is 0.508 e. The van der Waals surface area contributed by atoms with Crippen molar-refractivity contribution in [3.05, 3.63) is 83.8 Å². The summed E-state index contributed by atoms with van der Waals surface area (Å²) >= 11 is 0. The molecule has 1 heterocycles. The third kappa shape index (κ3) is 4.25. The summed E-state index contributed by atoms with van der Waals surface area (Å²) in [5.41, 5.74) is 1.51. The van der Waals surface area contributed by atoms with Crippen molar-refractivity contribution in [1.29, 1.82) is 0 Å². The first-order valence-electron chi connectivity index (χ1n) is 8.36. The van der Waals surface area contributed by atoms with Gasteiger partial charge < -0.3 is 19.2 Å². The standard InChI is InChI=1S/C21H21NO4/c1-25-20-11-5-3-7-16(20)13-21(24)22(15-18-9-6-12-26-18)14-17-8-2-4-10-19(17)23/h2-12,23H,13-15H2,1H3. The van der Waals surface area contributed by atoms with Crippen molar-refractivity contribution in [3.8, 4) is 11.5 Å². The molecule has 3 rings (SSSR count). The van der Waals surface area contributed by atoms with E-state index in [4.69, 9.17) is 9.15 Å². The van der Waals surface area contributed by atoms with Crippen LogP contribution in [0.2, 0.25) is 0 Å². The zero-order valence-electron chi connectivity index (χ0n) is 14.6. The molecule has 0 radical (unpaired) electrons. The van der Waals surface area contributed by atoms with Crippen LogP contribution in [0.4, 0.5) is 0 Å². The maximum atomic E-state index is 13.0.